The minimum Gasteiger partial charge on any atom is -0.455 e. The summed E-state index contributed by atoms with van der Waals surface area (Å²) in [5, 5.41) is 6.63. The topological polar surface area (TPSA) is 67.4 Å². The van der Waals surface area contributed by atoms with Gasteiger partial charge in [-0.1, -0.05) is 41.9 Å². The van der Waals surface area contributed by atoms with Crippen LogP contribution in [-0.4, -0.2) is 24.5 Å². The number of anilines is 1. The first-order chi connectivity index (χ1) is 12.6. The van der Waals surface area contributed by atoms with Crippen LogP contribution in [0.15, 0.2) is 65.9 Å². The molecule has 1 fully saturated rings. The van der Waals surface area contributed by atoms with Gasteiger partial charge in [-0.2, -0.15) is 0 Å². The molecule has 0 saturated heterocycles. The van der Waals surface area contributed by atoms with Gasteiger partial charge in [0.2, 0.25) is 0 Å². The second-order valence-corrected chi connectivity index (χ2v) is 6.83. The lowest BCUT2D eigenvalue weighted by atomic mass is 10.1. The number of esters is 1. The molecule has 132 valence electrons. The zero-order chi connectivity index (χ0) is 18.1. The number of cyclic esters (lactones) is 1. The van der Waals surface area contributed by atoms with Gasteiger partial charge in [-0.3, -0.25) is 4.79 Å². The highest BCUT2D eigenvalue weighted by atomic mass is 35.5. The molecule has 4 rings (SSSR count). The third kappa shape index (κ3) is 3.44. The third-order valence-electron chi connectivity index (χ3n) is 4.55. The van der Waals surface area contributed by atoms with Crippen molar-refractivity contribution in [1.29, 1.82) is 0 Å². The summed E-state index contributed by atoms with van der Waals surface area (Å²) in [7, 11) is 0. The maximum Gasteiger partial charge on any atom is 0.346 e. The fourth-order valence-electron chi connectivity index (χ4n) is 3.10. The number of hydrogen-bond donors (Lipinski definition) is 2. The first-order valence-electron chi connectivity index (χ1n) is 8.40. The van der Waals surface area contributed by atoms with E-state index in [1.165, 1.54) is 5.56 Å². The highest BCUT2D eigenvalue weighted by molar-refractivity contribution is 6.30. The Morgan fingerprint density at radius 2 is 1.81 bits per heavy atom. The fourth-order valence-corrected chi connectivity index (χ4v) is 3.23. The smallest absolute Gasteiger partial charge is 0.346 e. The molecule has 5 nitrogen and oxygen atoms in total. The number of hydrogen-bond acceptors (Lipinski definition) is 4. The maximum atomic E-state index is 12.6. The van der Waals surface area contributed by atoms with Crippen LogP contribution in [0.4, 0.5) is 5.69 Å². The molecule has 2 aromatic rings. The van der Waals surface area contributed by atoms with Crippen molar-refractivity contribution < 1.29 is 14.3 Å². The van der Waals surface area contributed by atoms with E-state index >= 15 is 0 Å². The second kappa shape index (κ2) is 6.84. The fraction of sp³-hybridized carbons (Fsp3) is 0.200. The Morgan fingerprint density at radius 3 is 2.54 bits per heavy atom. The summed E-state index contributed by atoms with van der Waals surface area (Å²) in [6, 6.07) is 17.1. The number of benzene rings is 2. The van der Waals surface area contributed by atoms with Gasteiger partial charge in [0.05, 0.1) is 5.70 Å². The zero-order valence-corrected chi connectivity index (χ0v) is 14.6. The number of ether oxygens (including phenoxy) is 1. The van der Waals surface area contributed by atoms with E-state index in [0.29, 0.717) is 16.6 Å². The maximum absolute atomic E-state index is 12.6. The molecule has 26 heavy (non-hydrogen) atoms. The van der Waals surface area contributed by atoms with Crippen LogP contribution >= 0.6 is 11.6 Å². The molecule has 2 N–H and O–H groups in total. The molecule has 6 heteroatoms. The highest BCUT2D eigenvalue weighted by Gasteiger charge is 2.41. The Labute approximate surface area is 156 Å². The van der Waals surface area contributed by atoms with Crippen LogP contribution in [0.1, 0.15) is 17.9 Å². The molecule has 1 saturated carbocycles. The summed E-state index contributed by atoms with van der Waals surface area (Å²) in [6.07, 6.45) is 0.873. The number of halogens is 1. The van der Waals surface area contributed by atoms with E-state index in [0.717, 1.165) is 12.1 Å². The Hall–Kier alpha value is -2.79. The van der Waals surface area contributed by atoms with Crippen LogP contribution in [0, 0.1) is 0 Å². The van der Waals surface area contributed by atoms with Crippen molar-refractivity contribution in [2.24, 2.45) is 0 Å². The van der Waals surface area contributed by atoms with E-state index in [1.807, 2.05) is 30.3 Å². The molecule has 0 spiro atoms. The van der Waals surface area contributed by atoms with Gasteiger partial charge >= 0.3 is 5.97 Å². The minimum atomic E-state index is -0.601. The van der Waals surface area contributed by atoms with Crippen LogP contribution in [0.5, 0.6) is 0 Å². The number of amides is 1. The van der Waals surface area contributed by atoms with E-state index in [2.05, 4.69) is 10.6 Å². The number of carbonyl (C=O) groups is 2. The molecule has 1 aliphatic carbocycles. The van der Waals surface area contributed by atoms with Gasteiger partial charge in [-0.15, -0.1) is 0 Å². The van der Waals surface area contributed by atoms with E-state index in [1.54, 1.807) is 24.3 Å². The standard InChI is InChI=1S/C20H17ClN2O3/c21-13-6-8-14(9-7-13)22-17-11-26-20(25)18(17)19(24)23-16-10-15(16)12-4-2-1-3-5-12/h1-9,15-16,22H,10-11H2,(H,23,24). The van der Waals surface area contributed by atoms with Gasteiger partial charge in [0.15, 0.2) is 0 Å². The monoisotopic (exact) mass is 368 g/mol. The van der Waals surface area contributed by atoms with Crippen LogP contribution in [0.25, 0.3) is 0 Å². The van der Waals surface area contributed by atoms with Gasteiger partial charge in [-0.05, 0) is 36.2 Å². The summed E-state index contributed by atoms with van der Waals surface area (Å²) < 4.78 is 5.05. The summed E-state index contributed by atoms with van der Waals surface area (Å²) in [5.74, 6) is -0.700. The predicted octanol–water partition coefficient (Wildman–Crippen LogP) is 3.24. The molecule has 0 radical (unpaired) electrons. The lowest BCUT2D eigenvalue weighted by Crippen LogP contribution is -2.31. The van der Waals surface area contributed by atoms with E-state index in [4.69, 9.17) is 16.3 Å². The molecule has 2 unspecified atom stereocenters. The number of nitrogens with one attached hydrogen (secondary N) is 2. The second-order valence-electron chi connectivity index (χ2n) is 6.39. The van der Waals surface area contributed by atoms with Gasteiger partial charge in [-0.25, -0.2) is 4.79 Å². The minimum absolute atomic E-state index is 0.0404. The molecule has 0 bridgehead atoms. The average Bonchev–Trinajstić information content (AvgIpc) is 3.32. The molecule has 1 aliphatic heterocycles. The van der Waals surface area contributed by atoms with Gasteiger partial charge in [0.1, 0.15) is 12.2 Å². The molecular weight excluding hydrogens is 352 g/mol. The summed E-state index contributed by atoms with van der Waals surface area (Å²) in [6.45, 7) is 0.0526. The van der Waals surface area contributed by atoms with Crippen molar-refractivity contribution in [2.75, 3.05) is 11.9 Å². The van der Waals surface area contributed by atoms with Crippen molar-refractivity contribution in [3.63, 3.8) is 0 Å². The van der Waals surface area contributed by atoms with Gasteiger partial charge in [0, 0.05) is 22.7 Å². The largest absolute Gasteiger partial charge is 0.455 e. The lowest BCUT2D eigenvalue weighted by molar-refractivity contribution is -0.137. The molecule has 1 heterocycles. The average molecular weight is 369 g/mol. The van der Waals surface area contributed by atoms with Crippen molar-refractivity contribution in [3.05, 3.63) is 76.5 Å². The Morgan fingerprint density at radius 1 is 1.08 bits per heavy atom. The van der Waals surface area contributed by atoms with Crippen molar-refractivity contribution >= 4 is 29.2 Å². The van der Waals surface area contributed by atoms with Crippen molar-refractivity contribution in [1.82, 2.24) is 5.32 Å². The van der Waals surface area contributed by atoms with E-state index in [-0.39, 0.29) is 18.2 Å². The quantitative estimate of drug-likeness (QED) is 0.628. The van der Waals surface area contributed by atoms with E-state index < -0.39 is 11.9 Å². The van der Waals surface area contributed by atoms with Crippen LogP contribution in [0.2, 0.25) is 5.02 Å². The predicted molar refractivity (Wildman–Crippen MR) is 98.8 cm³/mol. The van der Waals surface area contributed by atoms with Crippen LogP contribution < -0.4 is 10.6 Å². The molecule has 2 atom stereocenters. The summed E-state index contributed by atoms with van der Waals surface area (Å²) in [5.41, 5.74) is 2.44. The van der Waals surface area contributed by atoms with E-state index in [9.17, 15) is 9.59 Å². The lowest BCUT2D eigenvalue weighted by Gasteiger charge is -2.09. The van der Waals surface area contributed by atoms with Gasteiger partial charge in [0.25, 0.3) is 5.91 Å². The third-order valence-corrected chi connectivity index (χ3v) is 4.81. The Balaban J connectivity index is 1.46. The van der Waals surface area contributed by atoms with Crippen molar-refractivity contribution in [2.45, 2.75) is 18.4 Å². The first kappa shape index (κ1) is 16.7. The Kier molecular flexibility index (Phi) is 4.39. The summed E-state index contributed by atoms with van der Waals surface area (Å²) >= 11 is 5.88. The van der Waals surface area contributed by atoms with Crippen LogP contribution in [-0.2, 0) is 14.3 Å². The molecule has 0 aromatic heterocycles. The molecule has 2 aromatic carbocycles. The highest BCUT2D eigenvalue weighted by Crippen LogP contribution is 2.40. The molecular formula is C20H17ClN2O3. The zero-order valence-electron chi connectivity index (χ0n) is 13.9. The first-order valence-corrected chi connectivity index (χ1v) is 8.78. The molecule has 1 amide bonds. The Bertz CT molecular complexity index is 878. The summed E-state index contributed by atoms with van der Waals surface area (Å²) in [4.78, 5) is 24.6. The SMILES string of the molecule is O=C(NC1CC1c1ccccc1)C1=C(Nc2ccc(Cl)cc2)COC1=O. The molecule has 2 aliphatic rings. The number of carbonyl (C=O) groups excluding carboxylic acids is 2. The van der Waals surface area contributed by atoms with Crippen LogP contribution in [0.3, 0.4) is 0 Å². The number of rotatable bonds is 5. The normalized spacial score (nSPS) is 21.3. The van der Waals surface area contributed by atoms with Gasteiger partial charge < -0.3 is 15.4 Å². The van der Waals surface area contributed by atoms with Crippen molar-refractivity contribution in [3.8, 4) is 0 Å².